The van der Waals surface area contributed by atoms with Crippen molar-refractivity contribution in [3.8, 4) is 0 Å². The van der Waals surface area contributed by atoms with Crippen molar-refractivity contribution in [2.75, 3.05) is 18.8 Å². The zero-order chi connectivity index (χ0) is 18.0. The van der Waals surface area contributed by atoms with Crippen LogP contribution >= 0.6 is 12.6 Å². The Morgan fingerprint density at radius 1 is 0.957 bits per heavy atom. The van der Waals surface area contributed by atoms with Gasteiger partial charge in [-0.3, -0.25) is 24.0 Å². The molecule has 0 aliphatic carbocycles. The average molecular weight is 350 g/mol. The first-order valence-corrected chi connectivity index (χ1v) is 6.95. The Hall–Kier alpha value is -2.34. The Morgan fingerprint density at radius 3 is 2.04 bits per heavy atom. The normalized spacial score (nSPS) is 12.6. The predicted molar refractivity (Wildman–Crippen MR) is 79.7 cm³/mol. The molecule has 12 heteroatoms. The maximum Gasteiger partial charge on any atom is 0.322 e. The highest BCUT2D eigenvalue weighted by Gasteiger charge is 2.25. The molecular weight excluding hydrogens is 332 g/mol. The molecule has 0 heterocycles. The maximum atomic E-state index is 11.8. The molecule has 0 aliphatic heterocycles. The zero-order valence-electron chi connectivity index (χ0n) is 11.9. The number of hydrogen-bond donors (Lipinski definition) is 7. The Morgan fingerprint density at radius 2 is 1.57 bits per heavy atom. The van der Waals surface area contributed by atoms with Crippen LogP contribution in [0.3, 0.4) is 0 Å². The molecule has 0 aromatic rings. The molecule has 3 amide bonds. The summed E-state index contributed by atoms with van der Waals surface area (Å²) in [4.78, 5) is 55.6. The molecule has 0 rings (SSSR count). The minimum Gasteiger partial charge on any atom is -0.481 e. The Labute approximate surface area is 136 Å². The molecular formula is C11H18N4O7S. The van der Waals surface area contributed by atoms with E-state index >= 15 is 0 Å². The van der Waals surface area contributed by atoms with E-state index in [2.05, 4.69) is 23.3 Å². The third-order valence-corrected chi connectivity index (χ3v) is 2.80. The molecule has 130 valence electrons. The summed E-state index contributed by atoms with van der Waals surface area (Å²) in [6.45, 7) is -1.20. The first-order valence-electron chi connectivity index (χ1n) is 6.32. The van der Waals surface area contributed by atoms with Gasteiger partial charge in [-0.15, -0.1) is 0 Å². The van der Waals surface area contributed by atoms with Crippen LogP contribution in [0.5, 0.6) is 0 Å². The van der Waals surface area contributed by atoms with E-state index in [1.807, 2.05) is 5.32 Å². The van der Waals surface area contributed by atoms with Gasteiger partial charge in [0.1, 0.15) is 12.6 Å². The number of hydrogen-bond acceptors (Lipinski definition) is 7. The smallest absolute Gasteiger partial charge is 0.322 e. The van der Waals surface area contributed by atoms with Gasteiger partial charge >= 0.3 is 11.9 Å². The van der Waals surface area contributed by atoms with Crippen LogP contribution in [0, 0.1) is 0 Å². The number of carbonyl (C=O) groups is 5. The molecule has 23 heavy (non-hydrogen) atoms. The molecule has 0 bridgehead atoms. The monoisotopic (exact) mass is 350 g/mol. The predicted octanol–water partition coefficient (Wildman–Crippen LogP) is -3.48. The van der Waals surface area contributed by atoms with Crippen LogP contribution in [0.15, 0.2) is 0 Å². The number of thiol groups is 1. The standard InChI is InChI=1S/C11H18N4O7S/c12-5(4-23)10(21)15-6(1-8(17)18)11(22)14-2-7(16)13-3-9(19)20/h5-6,23H,1-4,12H2,(H,13,16)(H,14,22)(H,15,21)(H,17,18)(H,19,20). The van der Waals surface area contributed by atoms with E-state index in [9.17, 15) is 24.0 Å². The fourth-order valence-electron chi connectivity index (χ4n) is 1.27. The van der Waals surface area contributed by atoms with E-state index in [4.69, 9.17) is 15.9 Å². The first kappa shape index (κ1) is 20.7. The van der Waals surface area contributed by atoms with Gasteiger partial charge in [-0.05, 0) is 0 Å². The van der Waals surface area contributed by atoms with Crippen LogP contribution in [0.1, 0.15) is 6.42 Å². The Kier molecular flexibility index (Phi) is 9.34. The lowest BCUT2D eigenvalue weighted by Gasteiger charge is -2.18. The number of nitrogens with two attached hydrogens (primary N) is 1. The van der Waals surface area contributed by atoms with Gasteiger partial charge in [0.25, 0.3) is 0 Å². The van der Waals surface area contributed by atoms with E-state index in [-0.39, 0.29) is 5.75 Å². The third-order valence-electron chi connectivity index (χ3n) is 2.41. The minimum atomic E-state index is -1.43. The van der Waals surface area contributed by atoms with E-state index < -0.39 is 61.3 Å². The van der Waals surface area contributed by atoms with Crippen molar-refractivity contribution in [2.24, 2.45) is 5.73 Å². The lowest BCUT2D eigenvalue weighted by atomic mass is 10.1. The molecule has 2 atom stereocenters. The lowest BCUT2D eigenvalue weighted by molar-refractivity contribution is -0.141. The van der Waals surface area contributed by atoms with Crippen LogP contribution < -0.4 is 21.7 Å². The van der Waals surface area contributed by atoms with E-state index in [0.29, 0.717) is 0 Å². The van der Waals surface area contributed by atoms with Gasteiger partial charge in [-0.2, -0.15) is 12.6 Å². The SMILES string of the molecule is NC(CS)C(=O)NC(CC(=O)O)C(=O)NCC(=O)NCC(=O)O. The van der Waals surface area contributed by atoms with Gasteiger partial charge in [0.15, 0.2) is 0 Å². The summed E-state index contributed by atoms with van der Waals surface area (Å²) in [7, 11) is 0. The highest BCUT2D eigenvalue weighted by molar-refractivity contribution is 7.80. The topological polar surface area (TPSA) is 188 Å². The summed E-state index contributed by atoms with van der Waals surface area (Å²) < 4.78 is 0. The van der Waals surface area contributed by atoms with Crippen molar-refractivity contribution in [3.05, 3.63) is 0 Å². The van der Waals surface area contributed by atoms with Gasteiger partial charge in [-0.25, -0.2) is 0 Å². The number of amides is 3. The van der Waals surface area contributed by atoms with Crippen LogP contribution in [-0.4, -0.2) is 70.8 Å². The van der Waals surface area contributed by atoms with Gasteiger partial charge < -0.3 is 31.9 Å². The number of carbonyl (C=O) groups excluding carboxylic acids is 3. The summed E-state index contributed by atoms with van der Waals surface area (Å²) >= 11 is 3.80. The van der Waals surface area contributed by atoms with Gasteiger partial charge in [0.05, 0.1) is 19.0 Å². The van der Waals surface area contributed by atoms with Crippen LogP contribution in [0.2, 0.25) is 0 Å². The van der Waals surface area contributed by atoms with Crippen molar-refractivity contribution in [1.29, 1.82) is 0 Å². The van der Waals surface area contributed by atoms with Crippen LogP contribution in [0.25, 0.3) is 0 Å². The summed E-state index contributed by atoms with van der Waals surface area (Å²) in [6.07, 6.45) is -0.715. The van der Waals surface area contributed by atoms with E-state index in [0.717, 1.165) is 0 Å². The van der Waals surface area contributed by atoms with Crippen molar-refractivity contribution in [1.82, 2.24) is 16.0 Å². The van der Waals surface area contributed by atoms with Crippen LogP contribution in [0.4, 0.5) is 0 Å². The fourth-order valence-corrected chi connectivity index (χ4v) is 1.44. The lowest BCUT2D eigenvalue weighted by Crippen LogP contribution is -2.53. The third kappa shape index (κ3) is 9.31. The van der Waals surface area contributed by atoms with Crippen molar-refractivity contribution >= 4 is 42.3 Å². The number of nitrogens with one attached hydrogen (secondary N) is 3. The molecule has 7 N–H and O–H groups in total. The van der Waals surface area contributed by atoms with Crippen LogP contribution in [-0.2, 0) is 24.0 Å². The molecule has 2 unspecified atom stereocenters. The second kappa shape index (κ2) is 10.4. The summed E-state index contributed by atoms with van der Waals surface area (Å²) in [5.74, 6) is -5.09. The van der Waals surface area contributed by atoms with Gasteiger partial charge in [0.2, 0.25) is 17.7 Å². The highest BCUT2D eigenvalue weighted by Crippen LogP contribution is 1.95. The Bertz CT molecular complexity index is 485. The largest absolute Gasteiger partial charge is 0.481 e. The van der Waals surface area contributed by atoms with Gasteiger partial charge in [0, 0.05) is 5.75 Å². The number of aliphatic carboxylic acids is 2. The molecule has 0 aliphatic rings. The van der Waals surface area contributed by atoms with Crippen molar-refractivity contribution < 1.29 is 34.2 Å². The van der Waals surface area contributed by atoms with E-state index in [1.54, 1.807) is 0 Å². The number of carboxylic acids is 2. The summed E-state index contributed by atoms with van der Waals surface area (Å²) in [6, 6.07) is -2.46. The summed E-state index contributed by atoms with van der Waals surface area (Å²) in [5.41, 5.74) is 5.40. The van der Waals surface area contributed by atoms with Crippen molar-refractivity contribution in [2.45, 2.75) is 18.5 Å². The number of carboxylic acid groups (broad SMARTS) is 2. The molecule has 0 fully saturated rings. The Balaban J connectivity index is 4.57. The first-order chi connectivity index (χ1) is 10.7. The fraction of sp³-hybridized carbons (Fsp3) is 0.545. The molecule has 0 saturated carbocycles. The maximum absolute atomic E-state index is 11.8. The summed E-state index contributed by atoms with van der Waals surface area (Å²) in [5, 5.41) is 23.3. The average Bonchev–Trinajstić information content (AvgIpc) is 2.48. The number of rotatable bonds is 10. The molecule has 0 aromatic carbocycles. The van der Waals surface area contributed by atoms with E-state index in [1.165, 1.54) is 0 Å². The zero-order valence-corrected chi connectivity index (χ0v) is 12.8. The second-order valence-corrected chi connectivity index (χ2v) is 4.70. The second-order valence-electron chi connectivity index (χ2n) is 4.34. The molecule has 0 saturated heterocycles. The van der Waals surface area contributed by atoms with Crippen molar-refractivity contribution in [3.63, 3.8) is 0 Å². The quantitative estimate of drug-likeness (QED) is 0.198. The molecule has 0 aromatic heterocycles. The minimum absolute atomic E-state index is 0.00909. The molecule has 0 spiro atoms. The molecule has 11 nitrogen and oxygen atoms in total. The molecule has 0 radical (unpaired) electrons. The van der Waals surface area contributed by atoms with Gasteiger partial charge in [-0.1, -0.05) is 0 Å². The highest BCUT2D eigenvalue weighted by atomic mass is 32.1.